The Balaban J connectivity index is 1.36. The summed E-state index contributed by atoms with van der Waals surface area (Å²) < 4.78 is 3.29. The largest absolute Gasteiger partial charge is 0.464 e. The third-order valence-electron chi connectivity index (χ3n) is 6.51. The zero-order chi connectivity index (χ0) is 23.1. The van der Waals surface area contributed by atoms with Crippen LogP contribution in [0.15, 0.2) is 42.9 Å². The lowest BCUT2D eigenvalue weighted by molar-refractivity contribution is 0.0685. The van der Waals surface area contributed by atoms with Crippen LogP contribution in [-0.2, 0) is 6.54 Å². The smallest absolute Gasteiger partial charge is 0.416 e. The van der Waals surface area contributed by atoms with Gasteiger partial charge in [0.2, 0.25) is 0 Å². The molecule has 0 radical (unpaired) electrons. The first kappa shape index (κ1) is 20.8. The maximum atomic E-state index is 13.4. The zero-order valence-corrected chi connectivity index (χ0v) is 18.2. The van der Waals surface area contributed by atoms with Gasteiger partial charge in [-0.15, -0.1) is 6.42 Å². The SMILES string of the molecule is C#Cc1cccc2c1c(C(=O)N1CCC(Cn3c(C)nc4cnccc43)CC1)cn2C(=O)O. The molecule has 8 heteroatoms. The third-order valence-corrected chi connectivity index (χ3v) is 6.51. The van der Waals surface area contributed by atoms with Crippen LogP contribution in [0.2, 0.25) is 0 Å². The minimum atomic E-state index is -1.15. The molecule has 4 aromatic rings. The van der Waals surface area contributed by atoms with E-state index in [0.29, 0.717) is 41.0 Å². The Morgan fingerprint density at radius 1 is 1.21 bits per heavy atom. The lowest BCUT2D eigenvalue weighted by atomic mass is 9.95. The number of rotatable bonds is 3. The van der Waals surface area contributed by atoms with E-state index in [9.17, 15) is 14.7 Å². The van der Waals surface area contributed by atoms with E-state index in [1.807, 2.05) is 13.0 Å². The van der Waals surface area contributed by atoms with E-state index in [1.54, 1.807) is 35.5 Å². The van der Waals surface area contributed by atoms with Crippen LogP contribution in [0.4, 0.5) is 4.79 Å². The van der Waals surface area contributed by atoms with Crippen molar-refractivity contribution in [2.24, 2.45) is 5.92 Å². The number of imidazole rings is 1. The zero-order valence-electron chi connectivity index (χ0n) is 18.2. The van der Waals surface area contributed by atoms with Gasteiger partial charge in [0.1, 0.15) is 11.3 Å². The fourth-order valence-electron chi connectivity index (χ4n) is 4.81. The van der Waals surface area contributed by atoms with E-state index < -0.39 is 6.09 Å². The highest BCUT2D eigenvalue weighted by Gasteiger charge is 2.28. The number of hydrogen-bond acceptors (Lipinski definition) is 4. The molecule has 0 bridgehead atoms. The summed E-state index contributed by atoms with van der Waals surface area (Å²) in [5.74, 6) is 3.77. The molecule has 1 aliphatic rings. The second-order valence-electron chi connectivity index (χ2n) is 8.41. The molecule has 0 spiro atoms. The summed E-state index contributed by atoms with van der Waals surface area (Å²) in [6.45, 7) is 4.05. The molecule has 8 nitrogen and oxygen atoms in total. The maximum absolute atomic E-state index is 13.4. The number of aryl methyl sites for hydroxylation is 1. The first-order valence-corrected chi connectivity index (χ1v) is 10.9. The van der Waals surface area contributed by atoms with Crippen LogP contribution >= 0.6 is 0 Å². The Morgan fingerprint density at radius 2 is 2.00 bits per heavy atom. The normalized spacial score (nSPS) is 14.6. The summed E-state index contributed by atoms with van der Waals surface area (Å²) in [5.41, 5.74) is 3.24. The van der Waals surface area contributed by atoms with Gasteiger partial charge >= 0.3 is 6.09 Å². The number of nitrogens with zero attached hydrogens (tertiary/aromatic N) is 5. The number of carboxylic acid groups (broad SMARTS) is 1. The van der Waals surface area contributed by atoms with Gasteiger partial charge in [0, 0.05) is 43.0 Å². The molecule has 33 heavy (non-hydrogen) atoms. The quantitative estimate of drug-likeness (QED) is 0.489. The summed E-state index contributed by atoms with van der Waals surface area (Å²) in [6, 6.07) is 7.08. The molecule has 0 atom stereocenters. The number of piperidine rings is 1. The number of fused-ring (bicyclic) bond motifs is 2. The number of hydrogen-bond donors (Lipinski definition) is 1. The average molecular weight is 441 g/mol. The second kappa shape index (κ2) is 8.10. The molecule has 5 rings (SSSR count). The third kappa shape index (κ3) is 3.52. The van der Waals surface area contributed by atoms with Crippen molar-refractivity contribution in [2.45, 2.75) is 26.3 Å². The van der Waals surface area contributed by atoms with Crippen molar-refractivity contribution in [3.8, 4) is 12.3 Å². The number of terminal acetylenes is 1. The van der Waals surface area contributed by atoms with Crippen LogP contribution < -0.4 is 0 Å². The van der Waals surface area contributed by atoms with Gasteiger partial charge in [0.25, 0.3) is 5.91 Å². The molecule has 1 fully saturated rings. The Labute approximate surface area is 190 Å². The number of likely N-dealkylation sites (tertiary alicyclic amines) is 1. The Kier molecular flexibility index (Phi) is 5.09. The second-order valence-corrected chi connectivity index (χ2v) is 8.41. The van der Waals surface area contributed by atoms with E-state index in [2.05, 4.69) is 20.5 Å². The van der Waals surface area contributed by atoms with E-state index in [-0.39, 0.29) is 5.91 Å². The average Bonchev–Trinajstić information content (AvgIpc) is 3.37. The van der Waals surface area contributed by atoms with Gasteiger partial charge < -0.3 is 14.6 Å². The first-order chi connectivity index (χ1) is 16.0. The van der Waals surface area contributed by atoms with Crippen molar-refractivity contribution < 1.29 is 14.7 Å². The number of aromatic nitrogens is 4. The summed E-state index contributed by atoms with van der Waals surface area (Å²) in [7, 11) is 0. The molecule has 1 aromatic carbocycles. The van der Waals surface area contributed by atoms with Crippen LogP contribution in [0.3, 0.4) is 0 Å². The molecule has 0 aliphatic carbocycles. The van der Waals surface area contributed by atoms with Crippen LogP contribution in [0.1, 0.15) is 34.6 Å². The maximum Gasteiger partial charge on any atom is 0.416 e. The highest BCUT2D eigenvalue weighted by Crippen LogP contribution is 2.29. The molecule has 1 N–H and O–H groups in total. The molecule has 0 unspecified atom stereocenters. The predicted molar refractivity (Wildman–Crippen MR) is 124 cm³/mol. The number of amides is 1. The molecular weight excluding hydrogens is 418 g/mol. The molecule has 0 saturated carbocycles. The van der Waals surface area contributed by atoms with E-state index >= 15 is 0 Å². The number of pyridine rings is 1. The minimum absolute atomic E-state index is 0.184. The van der Waals surface area contributed by atoms with Gasteiger partial charge in [0.15, 0.2) is 0 Å². The van der Waals surface area contributed by atoms with Crippen molar-refractivity contribution >= 4 is 33.9 Å². The van der Waals surface area contributed by atoms with Gasteiger partial charge in [-0.25, -0.2) is 9.78 Å². The van der Waals surface area contributed by atoms with Crippen molar-refractivity contribution in [2.75, 3.05) is 13.1 Å². The number of benzene rings is 1. The molecule has 1 aliphatic heterocycles. The molecule has 3 aromatic heterocycles. The van der Waals surface area contributed by atoms with E-state index in [1.165, 1.54) is 6.20 Å². The van der Waals surface area contributed by atoms with Gasteiger partial charge in [-0.2, -0.15) is 0 Å². The molecule has 166 valence electrons. The van der Waals surface area contributed by atoms with Crippen molar-refractivity contribution in [3.05, 3.63) is 59.8 Å². The van der Waals surface area contributed by atoms with Crippen molar-refractivity contribution in [1.29, 1.82) is 0 Å². The van der Waals surface area contributed by atoms with Gasteiger partial charge in [-0.3, -0.25) is 14.3 Å². The van der Waals surface area contributed by atoms with Crippen molar-refractivity contribution in [3.63, 3.8) is 0 Å². The van der Waals surface area contributed by atoms with Gasteiger partial charge in [-0.05, 0) is 43.9 Å². The molecule has 4 heterocycles. The Bertz CT molecular complexity index is 1430. The van der Waals surface area contributed by atoms with Crippen LogP contribution in [0.25, 0.3) is 21.9 Å². The summed E-state index contributed by atoms with van der Waals surface area (Å²) in [6.07, 6.45) is 11.1. The lowest BCUT2D eigenvalue weighted by Crippen LogP contribution is -2.39. The number of carbonyl (C=O) groups excluding carboxylic acids is 1. The molecule has 1 saturated heterocycles. The van der Waals surface area contributed by atoms with E-state index in [4.69, 9.17) is 6.42 Å². The highest BCUT2D eigenvalue weighted by atomic mass is 16.4. The fourth-order valence-corrected chi connectivity index (χ4v) is 4.81. The monoisotopic (exact) mass is 441 g/mol. The van der Waals surface area contributed by atoms with Crippen molar-refractivity contribution in [1.82, 2.24) is 24.0 Å². The Hall–Kier alpha value is -4.12. The fraction of sp³-hybridized carbons (Fsp3) is 0.280. The topological polar surface area (TPSA) is 93.3 Å². The molecular formula is C25H23N5O3. The van der Waals surface area contributed by atoms with Crippen LogP contribution in [0.5, 0.6) is 0 Å². The molecule has 1 amide bonds. The standard InChI is InChI=1S/C25H23N5O3/c1-3-18-5-4-6-22-23(18)19(15-30(22)25(32)33)24(31)28-11-8-17(9-12-28)14-29-16(2)27-20-13-26-10-7-21(20)29/h1,4-7,10,13,15,17H,8-9,11-12,14H2,2H3,(H,32,33). The highest BCUT2D eigenvalue weighted by molar-refractivity contribution is 6.10. The Morgan fingerprint density at radius 3 is 2.73 bits per heavy atom. The summed E-state index contributed by atoms with van der Waals surface area (Å²) in [5, 5.41) is 10.1. The lowest BCUT2D eigenvalue weighted by Gasteiger charge is -2.32. The predicted octanol–water partition coefficient (Wildman–Crippen LogP) is 3.75. The van der Waals surface area contributed by atoms with Gasteiger partial charge in [0.05, 0.1) is 22.8 Å². The van der Waals surface area contributed by atoms with Crippen LogP contribution in [0, 0.1) is 25.2 Å². The van der Waals surface area contributed by atoms with Crippen LogP contribution in [-0.4, -0.2) is 54.2 Å². The number of carbonyl (C=O) groups is 2. The summed E-state index contributed by atoms with van der Waals surface area (Å²) in [4.78, 5) is 35.7. The van der Waals surface area contributed by atoms with Gasteiger partial charge in [-0.1, -0.05) is 12.0 Å². The minimum Gasteiger partial charge on any atom is -0.464 e. The summed E-state index contributed by atoms with van der Waals surface area (Å²) >= 11 is 0. The first-order valence-electron chi connectivity index (χ1n) is 10.9. The van der Waals surface area contributed by atoms with E-state index in [0.717, 1.165) is 40.8 Å².